The minimum Gasteiger partial charge on any atom is -0.458 e. The molecule has 1 saturated heterocycles. The lowest BCUT2D eigenvalue weighted by atomic mass is 10.0. The fraction of sp³-hybridized carbons (Fsp3) is 0.433. The number of esters is 1. The number of ether oxygens (including phenoxy) is 2. The topological polar surface area (TPSA) is 64.6 Å². The zero-order valence-electron chi connectivity index (χ0n) is 21.7. The van der Waals surface area contributed by atoms with Gasteiger partial charge in [0.1, 0.15) is 18.0 Å². The Morgan fingerprint density at radius 1 is 0.972 bits per heavy atom. The molecule has 0 radical (unpaired) electrons. The van der Waals surface area contributed by atoms with Crippen LogP contribution in [0.5, 0.6) is 0 Å². The van der Waals surface area contributed by atoms with Crippen molar-refractivity contribution >= 4 is 11.8 Å². The highest BCUT2D eigenvalue weighted by molar-refractivity contribution is 5.78. The van der Waals surface area contributed by atoms with Crippen LogP contribution in [0.4, 0.5) is 5.82 Å². The van der Waals surface area contributed by atoms with E-state index in [0.29, 0.717) is 12.6 Å². The Labute approximate surface area is 214 Å². The molecule has 1 atom stereocenters. The molecule has 36 heavy (non-hydrogen) atoms. The van der Waals surface area contributed by atoms with Crippen LogP contribution in [0.15, 0.2) is 66.9 Å². The zero-order valence-corrected chi connectivity index (χ0v) is 21.7. The summed E-state index contributed by atoms with van der Waals surface area (Å²) < 4.78 is 10.8. The van der Waals surface area contributed by atoms with Gasteiger partial charge in [-0.2, -0.15) is 0 Å². The number of anilines is 1. The van der Waals surface area contributed by atoms with E-state index in [-0.39, 0.29) is 12.6 Å². The molecule has 0 aliphatic carbocycles. The lowest BCUT2D eigenvalue weighted by Crippen LogP contribution is -2.30. The highest BCUT2D eigenvalue weighted by atomic mass is 16.6. The first kappa shape index (κ1) is 25.8. The number of unbranched alkanes of at least 4 members (excludes halogenated alkanes) is 1. The van der Waals surface area contributed by atoms with E-state index in [4.69, 9.17) is 19.4 Å². The summed E-state index contributed by atoms with van der Waals surface area (Å²) in [4.78, 5) is 24.2. The Kier molecular flexibility index (Phi) is 8.70. The smallest absolute Gasteiger partial charge is 0.332 e. The highest BCUT2D eigenvalue weighted by Gasteiger charge is 2.26. The molecule has 1 aliphatic heterocycles. The van der Waals surface area contributed by atoms with Crippen LogP contribution < -0.4 is 4.90 Å². The number of nitrogens with zero attached hydrogens (tertiary/aromatic N) is 3. The maximum atomic E-state index is 11.8. The van der Waals surface area contributed by atoms with Gasteiger partial charge in [0.15, 0.2) is 0 Å². The molecular formula is C30H37N3O3. The van der Waals surface area contributed by atoms with Crippen molar-refractivity contribution in [2.24, 2.45) is 0 Å². The number of hydrogen-bond acceptors (Lipinski definition) is 6. The van der Waals surface area contributed by atoms with Crippen molar-refractivity contribution in [3.05, 3.63) is 66.9 Å². The first-order valence-electron chi connectivity index (χ1n) is 12.9. The van der Waals surface area contributed by atoms with Crippen LogP contribution in [0, 0.1) is 0 Å². The average Bonchev–Trinajstić information content (AvgIpc) is 3.34. The average molecular weight is 488 g/mol. The molecule has 0 N–H and O–H groups in total. The molecular weight excluding hydrogens is 450 g/mol. The molecule has 0 bridgehead atoms. The Bertz CT molecular complexity index is 1110. The maximum Gasteiger partial charge on any atom is 0.332 e. The lowest BCUT2D eigenvalue weighted by molar-refractivity contribution is -0.160. The number of aromatic nitrogens is 2. The molecule has 1 aromatic heterocycles. The molecule has 1 fully saturated rings. The molecule has 3 aromatic rings. The van der Waals surface area contributed by atoms with Crippen molar-refractivity contribution in [3.8, 4) is 22.5 Å². The summed E-state index contributed by atoms with van der Waals surface area (Å²) in [7, 11) is 0. The number of rotatable bonds is 10. The van der Waals surface area contributed by atoms with Gasteiger partial charge >= 0.3 is 5.97 Å². The van der Waals surface area contributed by atoms with Crippen LogP contribution in [0.1, 0.15) is 52.9 Å². The standard InChI is InChI=1S/C30H37N3O3/c1-30(2,3)36-27(34)22-35-20-11-10-17-25-18-12-19-33(25)26-21-31-28(23-13-6-4-7-14-23)29(32-26)24-15-8-5-9-16-24/h4-9,13-16,21,25H,10-12,17-20,22H2,1-3H3. The molecule has 6 nitrogen and oxygen atoms in total. The Morgan fingerprint density at radius 3 is 2.31 bits per heavy atom. The van der Waals surface area contributed by atoms with Crippen LogP contribution >= 0.6 is 0 Å². The van der Waals surface area contributed by atoms with Crippen LogP contribution in [0.25, 0.3) is 22.5 Å². The molecule has 190 valence electrons. The molecule has 2 aromatic carbocycles. The number of carbonyl (C=O) groups excluding carboxylic acids is 1. The van der Waals surface area contributed by atoms with E-state index in [9.17, 15) is 4.79 Å². The van der Waals surface area contributed by atoms with Crippen molar-refractivity contribution in [2.75, 3.05) is 24.7 Å². The Balaban J connectivity index is 1.38. The van der Waals surface area contributed by atoms with Crippen molar-refractivity contribution in [3.63, 3.8) is 0 Å². The summed E-state index contributed by atoms with van der Waals surface area (Å²) in [6, 6.07) is 21.0. The van der Waals surface area contributed by atoms with Crippen molar-refractivity contribution in [2.45, 2.75) is 64.5 Å². The number of carbonyl (C=O) groups is 1. The summed E-state index contributed by atoms with van der Waals surface area (Å²) in [6.45, 7) is 7.16. The minimum atomic E-state index is -0.477. The Hall–Kier alpha value is -3.25. The van der Waals surface area contributed by atoms with Gasteiger partial charge in [-0.05, 0) is 52.9 Å². The number of hydrogen-bond donors (Lipinski definition) is 0. The van der Waals surface area contributed by atoms with Gasteiger partial charge in [-0.1, -0.05) is 60.7 Å². The van der Waals surface area contributed by atoms with Gasteiger partial charge in [0.25, 0.3) is 0 Å². The van der Waals surface area contributed by atoms with Gasteiger partial charge < -0.3 is 14.4 Å². The fourth-order valence-corrected chi connectivity index (χ4v) is 4.67. The minimum absolute atomic E-state index is 0.0123. The lowest BCUT2D eigenvalue weighted by Gasteiger charge is -2.26. The molecule has 6 heteroatoms. The SMILES string of the molecule is CC(C)(C)OC(=O)COCCCCC1CCCN1c1cnc(-c2ccccc2)c(-c2ccccc2)n1. The maximum absolute atomic E-state index is 11.8. The molecule has 1 aliphatic rings. The number of benzene rings is 2. The van der Waals surface area contributed by atoms with Crippen LogP contribution in [-0.4, -0.2) is 47.3 Å². The predicted molar refractivity (Wildman–Crippen MR) is 144 cm³/mol. The second-order valence-corrected chi connectivity index (χ2v) is 10.3. The third-order valence-corrected chi connectivity index (χ3v) is 6.24. The molecule has 1 unspecified atom stereocenters. The van der Waals surface area contributed by atoms with Gasteiger partial charge in [0, 0.05) is 30.3 Å². The molecule has 2 heterocycles. The second-order valence-electron chi connectivity index (χ2n) is 10.3. The van der Waals surface area contributed by atoms with Gasteiger partial charge in [0.2, 0.25) is 0 Å². The van der Waals surface area contributed by atoms with E-state index in [0.717, 1.165) is 67.0 Å². The quantitative estimate of drug-likeness (QED) is 0.247. The van der Waals surface area contributed by atoms with Gasteiger partial charge in [-0.15, -0.1) is 0 Å². The molecule has 0 amide bonds. The van der Waals surface area contributed by atoms with E-state index >= 15 is 0 Å². The molecule has 0 saturated carbocycles. The Morgan fingerprint density at radius 2 is 1.64 bits per heavy atom. The van der Waals surface area contributed by atoms with Gasteiger partial charge in [-0.3, -0.25) is 4.98 Å². The fourth-order valence-electron chi connectivity index (χ4n) is 4.67. The summed E-state index contributed by atoms with van der Waals surface area (Å²) in [5, 5.41) is 0. The van der Waals surface area contributed by atoms with E-state index in [1.165, 1.54) is 0 Å². The predicted octanol–water partition coefficient (Wildman–Crippen LogP) is 6.31. The van der Waals surface area contributed by atoms with Gasteiger partial charge in [-0.25, -0.2) is 9.78 Å². The summed E-state index contributed by atoms with van der Waals surface area (Å²) in [5.41, 5.74) is 3.49. The van der Waals surface area contributed by atoms with Crippen molar-refractivity contribution in [1.82, 2.24) is 9.97 Å². The van der Waals surface area contributed by atoms with Gasteiger partial charge in [0.05, 0.1) is 17.6 Å². The summed E-state index contributed by atoms with van der Waals surface area (Å²) in [6.07, 6.45) is 7.26. The second kappa shape index (κ2) is 12.1. The normalized spacial score (nSPS) is 15.8. The summed E-state index contributed by atoms with van der Waals surface area (Å²) >= 11 is 0. The van der Waals surface area contributed by atoms with E-state index in [2.05, 4.69) is 29.2 Å². The summed E-state index contributed by atoms with van der Waals surface area (Å²) in [5.74, 6) is 0.633. The zero-order chi connectivity index (χ0) is 25.4. The van der Waals surface area contributed by atoms with E-state index in [1.807, 2.05) is 63.4 Å². The first-order chi connectivity index (χ1) is 17.4. The monoisotopic (exact) mass is 487 g/mol. The third kappa shape index (κ3) is 7.14. The van der Waals surface area contributed by atoms with Crippen LogP contribution in [0.3, 0.4) is 0 Å². The molecule has 0 spiro atoms. The van der Waals surface area contributed by atoms with Crippen LogP contribution in [-0.2, 0) is 14.3 Å². The van der Waals surface area contributed by atoms with E-state index in [1.54, 1.807) is 0 Å². The highest BCUT2D eigenvalue weighted by Crippen LogP contribution is 2.33. The van der Waals surface area contributed by atoms with E-state index < -0.39 is 5.60 Å². The van der Waals surface area contributed by atoms with Crippen LogP contribution in [0.2, 0.25) is 0 Å². The largest absolute Gasteiger partial charge is 0.458 e. The molecule has 4 rings (SSSR count). The van der Waals surface area contributed by atoms with Crippen molar-refractivity contribution < 1.29 is 14.3 Å². The first-order valence-corrected chi connectivity index (χ1v) is 12.9. The third-order valence-electron chi connectivity index (χ3n) is 6.24. The van der Waals surface area contributed by atoms with Crippen molar-refractivity contribution in [1.29, 1.82) is 0 Å².